The second-order valence-corrected chi connectivity index (χ2v) is 5.94. The molecule has 0 fully saturated rings. The van der Waals surface area contributed by atoms with Crippen LogP contribution in [0.2, 0.25) is 0 Å². The summed E-state index contributed by atoms with van der Waals surface area (Å²) in [4.78, 5) is 9.38. The topological polar surface area (TPSA) is 61.0 Å². The van der Waals surface area contributed by atoms with Gasteiger partial charge in [0.25, 0.3) is 0 Å². The Hall–Kier alpha value is -0.980. The molecule has 0 aliphatic heterocycles. The van der Waals surface area contributed by atoms with Crippen LogP contribution in [-0.2, 0) is 0 Å². The van der Waals surface area contributed by atoms with Crippen molar-refractivity contribution in [3.63, 3.8) is 0 Å². The van der Waals surface area contributed by atoms with E-state index in [0.717, 1.165) is 8.66 Å². The van der Waals surface area contributed by atoms with Crippen molar-refractivity contribution in [1.82, 2.24) is 9.97 Å². The summed E-state index contributed by atoms with van der Waals surface area (Å²) < 4.78 is 6.25. The molecule has 2 aromatic heterocycles. The molecule has 90 valence electrons. The lowest BCUT2D eigenvalue weighted by atomic mass is 10.1. The van der Waals surface area contributed by atoms with Crippen LogP contribution in [0.3, 0.4) is 0 Å². The molecule has 0 radical (unpaired) electrons. The van der Waals surface area contributed by atoms with Gasteiger partial charge in [0.05, 0.1) is 16.9 Å². The van der Waals surface area contributed by atoms with Crippen LogP contribution in [0.4, 0.5) is 0 Å². The van der Waals surface area contributed by atoms with Crippen LogP contribution in [0, 0.1) is 6.92 Å². The van der Waals surface area contributed by atoms with E-state index in [-0.39, 0.29) is 6.04 Å². The molecule has 6 heteroatoms. The van der Waals surface area contributed by atoms with Gasteiger partial charge in [-0.3, -0.25) is 4.98 Å². The lowest BCUT2D eigenvalue weighted by molar-refractivity contribution is 0.387. The highest BCUT2D eigenvalue weighted by molar-refractivity contribution is 9.11. The van der Waals surface area contributed by atoms with Gasteiger partial charge in [0.1, 0.15) is 5.69 Å². The first-order valence-corrected chi connectivity index (χ1v) is 6.60. The third kappa shape index (κ3) is 2.48. The summed E-state index contributed by atoms with van der Waals surface area (Å²) in [5, 5.41) is 0. The Kier molecular flexibility index (Phi) is 3.76. The molecule has 2 heterocycles. The van der Waals surface area contributed by atoms with Crippen molar-refractivity contribution in [2.45, 2.75) is 13.0 Å². The number of ether oxygens (including phenoxy) is 1. The predicted molar refractivity (Wildman–Crippen MR) is 71.4 cm³/mol. The maximum absolute atomic E-state index is 6.18. The fourth-order valence-corrected chi connectivity index (χ4v) is 3.05. The number of methoxy groups -OCH3 is 1. The van der Waals surface area contributed by atoms with Crippen molar-refractivity contribution < 1.29 is 4.74 Å². The number of rotatable bonds is 3. The Morgan fingerprint density at radius 2 is 2.12 bits per heavy atom. The molecule has 2 rings (SSSR count). The summed E-state index contributed by atoms with van der Waals surface area (Å²) in [5.74, 6) is 0.474. The molecule has 0 aliphatic carbocycles. The second-order valence-electron chi connectivity index (χ2n) is 3.53. The molecule has 0 aromatic carbocycles. The van der Waals surface area contributed by atoms with Crippen LogP contribution in [0.1, 0.15) is 22.2 Å². The standard InChI is InChI=1S/C11H12BrN3OS/c1-6-5-7(17-10(6)12)8(13)9-11(16-2)15-4-3-14-9/h3-5,8H,13H2,1-2H3. The highest BCUT2D eigenvalue weighted by atomic mass is 79.9. The number of hydrogen-bond acceptors (Lipinski definition) is 5. The van der Waals surface area contributed by atoms with Crippen molar-refractivity contribution in [1.29, 1.82) is 0 Å². The van der Waals surface area contributed by atoms with E-state index < -0.39 is 0 Å². The summed E-state index contributed by atoms with van der Waals surface area (Å²) >= 11 is 5.09. The first kappa shape index (κ1) is 12.5. The van der Waals surface area contributed by atoms with Crippen LogP contribution in [0.5, 0.6) is 5.88 Å². The van der Waals surface area contributed by atoms with Gasteiger partial charge in [-0.15, -0.1) is 11.3 Å². The van der Waals surface area contributed by atoms with E-state index in [2.05, 4.69) is 25.9 Å². The van der Waals surface area contributed by atoms with Crippen molar-refractivity contribution in [2.24, 2.45) is 5.73 Å². The van der Waals surface area contributed by atoms with E-state index in [0.29, 0.717) is 11.6 Å². The quantitative estimate of drug-likeness (QED) is 0.946. The van der Waals surface area contributed by atoms with E-state index in [1.165, 1.54) is 5.56 Å². The average Bonchev–Trinajstić information content (AvgIpc) is 2.68. The SMILES string of the molecule is COc1nccnc1C(N)c1cc(C)c(Br)s1. The fourth-order valence-electron chi connectivity index (χ4n) is 1.48. The monoisotopic (exact) mass is 313 g/mol. The minimum atomic E-state index is -0.311. The number of aromatic nitrogens is 2. The lowest BCUT2D eigenvalue weighted by Crippen LogP contribution is -2.14. The molecule has 17 heavy (non-hydrogen) atoms. The second kappa shape index (κ2) is 5.12. The molecule has 0 aliphatic rings. The third-order valence-corrected chi connectivity index (χ3v) is 4.58. The minimum absolute atomic E-state index is 0.311. The van der Waals surface area contributed by atoms with Gasteiger partial charge in [0.2, 0.25) is 5.88 Å². The Balaban J connectivity index is 2.39. The van der Waals surface area contributed by atoms with Gasteiger partial charge in [0, 0.05) is 17.3 Å². The smallest absolute Gasteiger partial charge is 0.237 e. The van der Waals surface area contributed by atoms with Gasteiger partial charge in [-0.25, -0.2) is 4.98 Å². The largest absolute Gasteiger partial charge is 0.480 e. The summed E-state index contributed by atoms with van der Waals surface area (Å²) in [6.07, 6.45) is 3.21. The molecular weight excluding hydrogens is 302 g/mol. The first-order valence-electron chi connectivity index (χ1n) is 4.99. The lowest BCUT2D eigenvalue weighted by Gasteiger charge is -2.11. The van der Waals surface area contributed by atoms with Crippen LogP contribution in [0.25, 0.3) is 0 Å². The van der Waals surface area contributed by atoms with Crippen molar-refractivity contribution in [3.8, 4) is 5.88 Å². The van der Waals surface area contributed by atoms with Crippen LogP contribution >= 0.6 is 27.3 Å². The highest BCUT2D eigenvalue weighted by Gasteiger charge is 2.19. The maximum atomic E-state index is 6.18. The number of hydrogen-bond donors (Lipinski definition) is 1. The molecule has 0 saturated carbocycles. The maximum Gasteiger partial charge on any atom is 0.237 e. The van der Waals surface area contributed by atoms with Gasteiger partial charge >= 0.3 is 0 Å². The fraction of sp³-hybridized carbons (Fsp3) is 0.273. The molecule has 1 unspecified atom stereocenters. The molecule has 1 atom stereocenters. The number of aryl methyl sites for hydroxylation is 1. The Morgan fingerprint density at radius 3 is 2.71 bits per heavy atom. The predicted octanol–water partition coefficient (Wildman–Crippen LogP) is 2.67. The van der Waals surface area contributed by atoms with Crippen molar-refractivity contribution >= 4 is 27.3 Å². The Bertz CT molecular complexity index is 510. The zero-order valence-electron chi connectivity index (χ0n) is 9.48. The third-order valence-electron chi connectivity index (χ3n) is 2.36. The average molecular weight is 314 g/mol. The number of nitrogens with zero attached hydrogens (tertiary/aromatic N) is 2. The van der Waals surface area contributed by atoms with E-state index in [9.17, 15) is 0 Å². The van der Waals surface area contributed by atoms with Crippen LogP contribution in [0.15, 0.2) is 22.2 Å². The number of halogens is 1. The van der Waals surface area contributed by atoms with Gasteiger partial charge < -0.3 is 10.5 Å². The zero-order chi connectivity index (χ0) is 12.4. The summed E-state index contributed by atoms with van der Waals surface area (Å²) in [6.45, 7) is 2.03. The van der Waals surface area contributed by atoms with E-state index >= 15 is 0 Å². The van der Waals surface area contributed by atoms with Crippen molar-refractivity contribution in [3.05, 3.63) is 38.4 Å². The first-order chi connectivity index (χ1) is 8.13. The minimum Gasteiger partial charge on any atom is -0.480 e. The molecule has 4 nitrogen and oxygen atoms in total. The molecular formula is C11H12BrN3OS. The van der Waals surface area contributed by atoms with Gasteiger partial charge in [-0.1, -0.05) is 0 Å². The highest BCUT2D eigenvalue weighted by Crippen LogP contribution is 2.34. The van der Waals surface area contributed by atoms with Gasteiger partial charge in [-0.05, 0) is 34.5 Å². The number of nitrogens with two attached hydrogens (primary N) is 1. The normalized spacial score (nSPS) is 12.5. The molecule has 2 N–H and O–H groups in total. The summed E-state index contributed by atoms with van der Waals surface area (Å²) in [6, 6.07) is 1.74. The zero-order valence-corrected chi connectivity index (χ0v) is 11.9. The molecule has 0 spiro atoms. The summed E-state index contributed by atoms with van der Waals surface area (Å²) in [5.41, 5.74) is 8.01. The van der Waals surface area contributed by atoms with E-state index in [1.807, 2.05) is 13.0 Å². The van der Waals surface area contributed by atoms with Crippen LogP contribution in [-0.4, -0.2) is 17.1 Å². The molecule has 2 aromatic rings. The Morgan fingerprint density at radius 1 is 1.41 bits per heavy atom. The molecule has 0 amide bonds. The number of thiophene rings is 1. The Labute approximate surface area is 112 Å². The van der Waals surface area contributed by atoms with Gasteiger partial charge in [-0.2, -0.15) is 0 Å². The van der Waals surface area contributed by atoms with Crippen LogP contribution < -0.4 is 10.5 Å². The van der Waals surface area contributed by atoms with E-state index in [4.69, 9.17) is 10.5 Å². The van der Waals surface area contributed by atoms with Gasteiger partial charge in [0.15, 0.2) is 0 Å². The van der Waals surface area contributed by atoms with E-state index in [1.54, 1.807) is 30.8 Å². The molecule has 0 saturated heterocycles. The molecule has 0 bridgehead atoms. The summed E-state index contributed by atoms with van der Waals surface area (Å²) in [7, 11) is 1.57. The van der Waals surface area contributed by atoms with Crippen molar-refractivity contribution in [2.75, 3.05) is 7.11 Å².